The second kappa shape index (κ2) is 8.74. The van der Waals surface area contributed by atoms with Crippen molar-refractivity contribution in [1.82, 2.24) is 15.0 Å². The number of hydrogen-bond acceptors (Lipinski definition) is 8. The topological polar surface area (TPSA) is 87.1 Å². The van der Waals surface area contributed by atoms with E-state index in [2.05, 4.69) is 36.1 Å². The average molecular weight is 387 g/mol. The highest BCUT2D eigenvalue weighted by Crippen LogP contribution is 2.18. The monoisotopic (exact) mass is 387 g/mol. The summed E-state index contributed by atoms with van der Waals surface area (Å²) in [5.74, 6) is 1.15. The molecule has 0 atom stereocenters. The first-order valence-electron chi connectivity index (χ1n) is 8.57. The summed E-state index contributed by atoms with van der Waals surface area (Å²) in [4.78, 5) is 13.2. The van der Waals surface area contributed by atoms with E-state index in [0.717, 1.165) is 16.9 Å². The second-order valence-corrected chi connectivity index (χ2v) is 6.50. The first-order chi connectivity index (χ1) is 13.8. The van der Waals surface area contributed by atoms with Crippen LogP contribution in [-0.2, 0) is 0 Å². The molecule has 0 spiro atoms. The average Bonchev–Trinajstić information content (AvgIpc) is 3.23. The van der Waals surface area contributed by atoms with Crippen molar-refractivity contribution in [1.29, 1.82) is 0 Å². The predicted molar refractivity (Wildman–Crippen MR) is 115 cm³/mol. The normalized spacial score (nSPS) is 10.7. The third-order valence-electron chi connectivity index (χ3n) is 3.62. The van der Waals surface area contributed by atoms with Gasteiger partial charge in [-0.05, 0) is 41.1 Å². The van der Waals surface area contributed by atoms with Gasteiger partial charge in [-0.15, -0.1) is 0 Å². The number of hydrazone groups is 1. The van der Waals surface area contributed by atoms with Crippen LogP contribution in [0.2, 0.25) is 0 Å². The lowest BCUT2D eigenvalue weighted by Crippen LogP contribution is -2.07. The van der Waals surface area contributed by atoms with Crippen LogP contribution in [0.15, 0.2) is 82.6 Å². The summed E-state index contributed by atoms with van der Waals surface area (Å²) in [6.07, 6.45) is 1.72. The maximum atomic E-state index is 4.45. The SMILES string of the molecule is C(=N/Nc1nc(Nc2ccccc2)nc(Nc2ccccc2)n1)/c1ccsc1. The van der Waals surface area contributed by atoms with E-state index in [-0.39, 0.29) is 0 Å². The number of nitrogens with one attached hydrogen (secondary N) is 3. The van der Waals surface area contributed by atoms with Gasteiger partial charge in [-0.2, -0.15) is 31.4 Å². The number of rotatable bonds is 7. The van der Waals surface area contributed by atoms with Crippen LogP contribution in [0.4, 0.5) is 29.2 Å². The fraction of sp³-hybridized carbons (Fsp3) is 0. The summed E-state index contributed by atoms with van der Waals surface area (Å²) in [6, 6.07) is 21.4. The quantitative estimate of drug-likeness (QED) is 0.310. The van der Waals surface area contributed by atoms with Crippen molar-refractivity contribution in [2.75, 3.05) is 16.1 Å². The molecule has 0 saturated carbocycles. The Hall–Kier alpha value is -3.78. The lowest BCUT2D eigenvalue weighted by atomic mass is 10.3. The predicted octanol–water partition coefficient (Wildman–Crippen LogP) is 4.87. The second-order valence-electron chi connectivity index (χ2n) is 5.71. The van der Waals surface area contributed by atoms with E-state index in [1.165, 1.54) is 0 Å². The van der Waals surface area contributed by atoms with E-state index < -0.39 is 0 Å². The molecule has 4 rings (SSSR count). The zero-order chi connectivity index (χ0) is 19.0. The van der Waals surface area contributed by atoms with Gasteiger partial charge in [0.1, 0.15) is 0 Å². The minimum absolute atomic E-state index is 0.332. The molecule has 3 N–H and O–H groups in total. The first kappa shape index (κ1) is 17.6. The van der Waals surface area contributed by atoms with Gasteiger partial charge < -0.3 is 10.6 Å². The number of thiophene rings is 1. The van der Waals surface area contributed by atoms with Crippen LogP contribution in [-0.4, -0.2) is 21.2 Å². The van der Waals surface area contributed by atoms with Gasteiger partial charge >= 0.3 is 0 Å². The summed E-state index contributed by atoms with van der Waals surface area (Å²) >= 11 is 1.61. The smallest absolute Gasteiger partial charge is 0.250 e. The molecule has 2 heterocycles. The van der Waals surface area contributed by atoms with E-state index in [0.29, 0.717) is 17.8 Å². The van der Waals surface area contributed by atoms with Crippen LogP contribution >= 0.6 is 11.3 Å². The van der Waals surface area contributed by atoms with Crippen LogP contribution < -0.4 is 16.1 Å². The summed E-state index contributed by atoms with van der Waals surface area (Å²) in [6.45, 7) is 0. The minimum atomic E-state index is 0.332. The van der Waals surface area contributed by atoms with Crippen molar-refractivity contribution in [3.63, 3.8) is 0 Å². The molecular weight excluding hydrogens is 370 g/mol. The molecule has 2 aromatic carbocycles. The Labute approximate surface area is 166 Å². The van der Waals surface area contributed by atoms with Crippen LogP contribution in [0.5, 0.6) is 0 Å². The molecular formula is C20H17N7S. The number of aromatic nitrogens is 3. The van der Waals surface area contributed by atoms with Crippen LogP contribution in [0.1, 0.15) is 5.56 Å². The summed E-state index contributed by atoms with van der Waals surface area (Å²) < 4.78 is 0. The van der Waals surface area contributed by atoms with Gasteiger partial charge in [0, 0.05) is 16.9 Å². The first-order valence-corrected chi connectivity index (χ1v) is 9.51. The minimum Gasteiger partial charge on any atom is -0.324 e. The maximum absolute atomic E-state index is 4.45. The van der Waals surface area contributed by atoms with Crippen molar-refractivity contribution in [2.24, 2.45) is 5.10 Å². The fourth-order valence-electron chi connectivity index (χ4n) is 2.35. The molecule has 0 saturated heterocycles. The molecule has 2 aromatic heterocycles. The van der Waals surface area contributed by atoms with Gasteiger partial charge in [0.2, 0.25) is 17.8 Å². The number of benzene rings is 2. The largest absolute Gasteiger partial charge is 0.324 e. The van der Waals surface area contributed by atoms with Crippen LogP contribution in [0.25, 0.3) is 0 Å². The van der Waals surface area contributed by atoms with Gasteiger partial charge in [0.25, 0.3) is 0 Å². The molecule has 0 aliphatic rings. The van der Waals surface area contributed by atoms with Crippen LogP contribution in [0.3, 0.4) is 0 Å². The molecule has 0 aliphatic heterocycles. The van der Waals surface area contributed by atoms with E-state index in [9.17, 15) is 0 Å². The van der Waals surface area contributed by atoms with Crippen molar-refractivity contribution in [2.45, 2.75) is 0 Å². The molecule has 28 heavy (non-hydrogen) atoms. The van der Waals surface area contributed by atoms with E-state index in [1.807, 2.05) is 77.5 Å². The molecule has 0 radical (unpaired) electrons. The van der Waals surface area contributed by atoms with Gasteiger partial charge in [-0.3, -0.25) is 0 Å². The lowest BCUT2D eigenvalue weighted by molar-refractivity contribution is 1.04. The molecule has 8 heteroatoms. The van der Waals surface area contributed by atoms with Gasteiger partial charge in [-0.1, -0.05) is 36.4 Å². The molecule has 138 valence electrons. The summed E-state index contributed by atoms with van der Waals surface area (Å²) in [5, 5.41) is 14.6. The summed E-state index contributed by atoms with van der Waals surface area (Å²) in [5.41, 5.74) is 5.64. The molecule has 0 amide bonds. The van der Waals surface area contributed by atoms with Crippen LogP contribution in [0, 0.1) is 0 Å². The zero-order valence-electron chi connectivity index (χ0n) is 14.8. The van der Waals surface area contributed by atoms with E-state index in [4.69, 9.17) is 0 Å². The molecule has 0 fully saturated rings. The van der Waals surface area contributed by atoms with Gasteiger partial charge in [0.05, 0.1) is 6.21 Å². The number of nitrogens with zero attached hydrogens (tertiary/aromatic N) is 4. The zero-order valence-corrected chi connectivity index (χ0v) is 15.6. The van der Waals surface area contributed by atoms with Gasteiger partial charge in [0.15, 0.2) is 0 Å². The molecule has 4 aromatic rings. The molecule has 0 unspecified atom stereocenters. The standard InChI is InChI=1S/C20H17N7S/c1-3-7-16(8-4-1)22-18-24-19(23-17-9-5-2-6-10-17)26-20(25-18)27-21-13-15-11-12-28-14-15/h1-14H,(H3,22,23,24,25,26,27)/b21-13-. The Bertz CT molecular complexity index is 975. The molecule has 0 bridgehead atoms. The highest BCUT2D eigenvalue weighted by Gasteiger charge is 2.07. The fourth-order valence-corrected chi connectivity index (χ4v) is 2.96. The third kappa shape index (κ3) is 4.89. The Kier molecular flexibility index (Phi) is 5.50. The van der Waals surface area contributed by atoms with E-state index in [1.54, 1.807) is 17.6 Å². The Morgan fingerprint density at radius 1 is 0.714 bits per heavy atom. The van der Waals surface area contributed by atoms with Crippen molar-refractivity contribution >= 4 is 46.8 Å². The summed E-state index contributed by atoms with van der Waals surface area (Å²) in [7, 11) is 0. The van der Waals surface area contributed by atoms with E-state index >= 15 is 0 Å². The number of anilines is 5. The Morgan fingerprint density at radius 3 is 1.82 bits per heavy atom. The number of para-hydroxylation sites is 2. The Balaban J connectivity index is 1.58. The highest BCUT2D eigenvalue weighted by atomic mass is 32.1. The lowest BCUT2D eigenvalue weighted by Gasteiger charge is -2.10. The molecule has 7 nitrogen and oxygen atoms in total. The van der Waals surface area contributed by atoms with Crippen molar-refractivity contribution in [3.05, 3.63) is 83.1 Å². The highest BCUT2D eigenvalue weighted by molar-refractivity contribution is 7.08. The van der Waals surface area contributed by atoms with Crippen molar-refractivity contribution in [3.8, 4) is 0 Å². The molecule has 0 aliphatic carbocycles. The van der Waals surface area contributed by atoms with Gasteiger partial charge in [-0.25, -0.2) is 5.43 Å². The third-order valence-corrected chi connectivity index (χ3v) is 4.32. The van der Waals surface area contributed by atoms with Crippen molar-refractivity contribution < 1.29 is 0 Å². The maximum Gasteiger partial charge on any atom is 0.250 e. The number of hydrogen-bond donors (Lipinski definition) is 3. The Morgan fingerprint density at radius 2 is 1.29 bits per heavy atom.